The van der Waals surface area contributed by atoms with Gasteiger partial charge in [0.15, 0.2) is 5.76 Å². The molecule has 2 aromatic rings. The molecular formula is C20H24N2O7S. The largest absolute Gasteiger partial charge is 0.496 e. The highest BCUT2D eigenvalue weighted by Gasteiger charge is 2.29. The van der Waals surface area contributed by atoms with Gasteiger partial charge in [-0.25, -0.2) is 13.2 Å². The van der Waals surface area contributed by atoms with Crippen molar-refractivity contribution in [1.82, 2.24) is 9.62 Å². The molecule has 0 atom stereocenters. The predicted molar refractivity (Wildman–Crippen MR) is 107 cm³/mol. The highest BCUT2D eigenvalue weighted by Crippen LogP contribution is 2.23. The van der Waals surface area contributed by atoms with Gasteiger partial charge in [-0.1, -0.05) is 12.5 Å². The molecule has 0 aliphatic carbocycles. The number of esters is 1. The van der Waals surface area contributed by atoms with Gasteiger partial charge in [0.25, 0.3) is 15.9 Å². The van der Waals surface area contributed by atoms with E-state index in [1.165, 1.54) is 30.7 Å². The molecule has 162 valence electrons. The third-order valence-electron chi connectivity index (χ3n) is 4.84. The van der Waals surface area contributed by atoms with Crippen molar-refractivity contribution in [2.24, 2.45) is 0 Å². The first-order valence-electron chi connectivity index (χ1n) is 9.50. The van der Waals surface area contributed by atoms with Crippen molar-refractivity contribution >= 4 is 21.9 Å². The number of piperidine rings is 1. The number of rotatable bonds is 7. The number of ether oxygens (including phenoxy) is 2. The van der Waals surface area contributed by atoms with Crippen molar-refractivity contribution in [1.29, 1.82) is 0 Å². The monoisotopic (exact) mass is 436 g/mol. The lowest BCUT2D eigenvalue weighted by Gasteiger charge is -2.24. The van der Waals surface area contributed by atoms with Crippen LogP contribution in [0.5, 0.6) is 5.75 Å². The summed E-state index contributed by atoms with van der Waals surface area (Å²) in [6.45, 7) is 0.997. The number of hydrogen-bond acceptors (Lipinski definition) is 7. The third kappa shape index (κ3) is 4.65. The van der Waals surface area contributed by atoms with E-state index in [2.05, 4.69) is 5.32 Å². The molecule has 0 bridgehead atoms. The van der Waals surface area contributed by atoms with Crippen LogP contribution >= 0.6 is 0 Å². The van der Waals surface area contributed by atoms with Gasteiger partial charge in [-0.15, -0.1) is 0 Å². The molecular weight excluding hydrogens is 412 g/mol. The fraction of sp³-hybridized carbons (Fsp3) is 0.400. The van der Waals surface area contributed by atoms with Crippen LogP contribution in [0.3, 0.4) is 0 Å². The second-order valence-electron chi connectivity index (χ2n) is 6.79. The van der Waals surface area contributed by atoms with E-state index in [0.717, 1.165) is 19.3 Å². The number of furan rings is 1. The van der Waals surface area contributed by atoms with Gasteiger partial charge in [-0.05, 0) is 42.7 Å². The topological polar surface area (TPSA) is 115 Å². The molecule has 0 radical (unpaired) electrons. The van der Waals surface area contributed by atoms with Crippen LogP contribution in [0.2, 0.25) is 0 Å². The summed E-state index contributed by atoms with van der Waals surface area (Å²) in [5.41, 5.74) is 0.872. The average molecular weight is 436 g/mol. The van der Waals surface area contributed by atoms with E-state index in [0.29, 0.717) is 24.4 Å². The Morgan fingerprint density at radius 2 is 1.83 bits per heavy atom. The molecule has 1 aromatic carbocycles. The Hall–Kier alpha value is -2.85. The van der Waals surface area contributed by atoms with Crippen molar-refractivity contribution in [3.05, 3.63) is 47.2 Å². The molecule has 0 spiro atoms. The van der Waals surface area contributed by atoms with E-state index in [-0.39, 0.29) is 23.0 Å². The van der Waals surface area contributed by atoms with Gasteiger partial charge in [0, 0.05) is 19.6 Å². The summed E-state index contributed by atoms with van der Waals surface area (Å²) in [5.74, 6) is -0.869. The quantitative estimate of drug-likeness (QED) is 0.662. The van der Waals surface area contributed by atoms with Gasteiger partial charge in [0.05, 0.1) is 14.2 Å². The summed E-state index contributed by atoms with van der Waals surface area (Å²) in [7, 11) is -1.04. The number of sulfonamides is 1. The van der Waals surface area contributed by atoms with E-state index < -0.39 is 21.9 Å². The van der Waals surface area contributed by atoms with Gasteiger partial charge in [-0.3, -0.25) is 4.79 Å². The summed E-state index contributed by atoms with van der Waals surface area (Å²) >= 11 is 0. The summed E-state index contributed by atoms with van der Waals surface area (Å²) in [5, 5.41) is 2.40. The summed E-state index contributed by atoms with van der Waals surface area (Å²) in [6.07, 6.45) is 2.62. The standard InChI is InChI=1S/C20H24N2O7S/c1-27-16-7-6-14(12-15(16)20(24)28-2)13-21-19(23)17-8-9-18(29-17)30(25,26)22-10-4-3-5-11-22/h6-9,12H,3-5,10-11,13H2,1-2H3,(H,21,23). The van der Waals surface area contributed by atoms with Crippen LogP contribution in [0.4, 0.5) is 0 Å². The molecule has 0 unspecified atom stereocenters. The molecule has 1 saturated heterocycles. The minimum Gasteiger partial charge on any atom is -0.496 e. The number of benzene rings is 1. The molecule has 1 aliphatic rings. The van der Waals surface area contributed by atoms with Crippen molar-refractivity contribution in [2.45, 2.75) is 30.9 Å². The lowest BCUT2D eigenvalue weighted by molar-refractivity contribution is 0.0597. The Morgan fingerprint density at radius 3 is 2.50 bits per heavy atom. The van der Waals surface area contributed by atoms with Crippen molar-refractivity contribution in [2.75, 3.05) is 27.3 Å². The lowest BCUT2D eigenvalue weighted by Crippen LogP contribution is -2.35. The first-order valence-corrected chi connectivity index (χ1v) is 10.9. The number of nitrogens with zero attached hydrogens (tertiary/aromatic N) is 1. The molecule has 1 amide bonds. The molecule has 1 aliphatic heterocycles. The predicted octanol–water partition coefficient (Wildman–Crippen LogP) is 2.18. The molecule has 1 N–H and O–H groups in total. The number of amides is 1. The van der Waals surface area contributed by atoms with Gasteiger partial charge < -0.3 is 19.2 Å². The summed E-state index contributed by atoms with van der Waals surface area (Å²) in [4.78, 5) is 24.3. The minimum absolute atomic E-state index is 0.0989. The Balaban J connectivity index is 1.68. The summed E-state index contributed by atoms with van der Waals surface area (Å²) < 4.78 is 41.9. The van der Waals surface area contributed by atoms with E-state index in [1.54, 1.807) is 18.2 Å². The molecule has 1 fully saturated rings. The second-order valence-corrected chi connectivity index (χ2v) is 8.66. The smallest absolute Gasteiger partial charge is 0.341 e. The lowest BCUT2D eigenvalue weighted by atomic mass is 10.1. The molecule has 2 heterocycles. The van der Waals surface area contributed by atoms with E-state index in [9.17, 15) is 18.0 Å². The van der Waals surface area contributed by atoms with Gasteiger partial charge >= 0.3 is 5.97 Å². The zero-order valence-corrected chi connectivity index (χ0v) is 17.7. The maximum absolute atomic E-state index is 12.6. The summed E-state index contributed by atoms with van der Waals surface area (Å²) in [6, 6.07) is 7.48. The number of nitrogens with one attached hydrogen (secondary N) is 1. The Bertz CT molecular complexity index is 1020. The number of carbonyl (C=O) groups excluding carboxylic acids is 2. The van der Waals surface area contributed by atoms with Crippen LogP contribution in [0.15, 0.2) is 39.8 Å². The van der Waals surface area contributed by atoms with Gasteiger partial charge in [-0.2, -0.15) is 4.31 Å². The molecule has 10 heteroatoms. The zero-order chi connectivity index (χ0) is 21.7. The van der Waals surface area contributed by atoms with Crippen LogP contribution < -0.4 is 10.1 Å². The van der Waals surface area contributed by atoms with Crippen molar-refractivity contribution < 1.29 is 31.9 Å². The fourth-order valence-corrected chi connectivity index (χ4v) is 4.65. The maximum atomic E-state index is 12.6. The van der Waals surface area contributed by atoms with Gasteiger partial charge in [0.2, 0.25) is 5.09 Å². The van der Waals surface area contributed by atoms with E-state index in [4.69, 9.17) is 13.9 Å². The minimum atomic E-state index is -3.75. The first-order chi connectivity index (χ1) is 14.4. The van der Waals surface area contributed by atoms with Crippen LogP contribution in [0.25, 0.3) is 0 Å². The van der Waals surface area contributed by atoms with Crippen LogP contribution in [-0.4, -0.2) is 51.9 Å². The molecule has 0 saturated carbocycles. The maximum Gasteiger partial charge on any atom is 0.341 e. The highest BCUT2D eigenvalue weighted by molar-refractivity contribution is 7.89. The Labute approximate surface area is 175 Å². The van der Waals surface area contributed by atoms with Crippen molar-refractivity contribution in [3.63, 3.8) is 0 Å². The van der Waals surface area contributed by atoms with E-state index in [1.807, 2.05) is 0 Å². The van der Waals surface area contributed by atoms with Gasteiger partial charge in [0.1, 0.15) is 11.3 Å². The number of hydrogen-bond donors (Lipinski definition) is 1. The van der Waals surface area contributed by atoms with Crippen LogP contribution in [0.1, 0.15) is 45.7 Å². The SMILES string of the molecule is COC(=O)c1cc(CNC(=O)c2ccc(S(=O)(=O)N3CCCCC3)o2)ccc1OC. The third-order valence-corrected chi connectivity index (χ3v) is 6.61. The molecule has 9 nitrogen and oxygen atoms in total. The molecule has 1 aromatic heterocycles. The number of methoxy groups -OCH3 is 2. The highest BCUT2D eigenvalue weighted by atomic mass is 32.2. The number of carbonyl (C=O) groups is 2. The second kappa shape index (κ2) is 9.31. The Morgan fingerprint density at radius 1 is 1.10 bits per heavy atom. The Kier molecular flexibility index (Phi) is 6.78. The van der Waals surface area contributed by atoms with E-state index >= 15 is 0 Å². The zero-order valence-electron chi connectivity index (χ0n) is 16.8. The van der Waals surface area contributed by atoms with Crippen LogP contribution in [0, 0.1) is 0 Å². The fourth-order valence-electron chi connectivity index (χ4n) is 3.22. The van der Waals surface area contributed by atoms with Crippen LogP contribution in [-0.2, 0) is 21.3 Å². The molecule has 30 heavy (non-hydrogen) atoms. The first kappa shape index (κ1) is 21.8. The average Bonchev–Trinajstić information content (AvgIpc) is 3.28. The van der Waals surface area contributed by atoms with Crippen molar-refractivity contribution in [3.8, 4) is 5.75 Å². The normalized spacial score (nSPS) is 14.9. The molecule has 3 rings (SSSR count).